The highest BCUT2D eigenvalue weighted by atomic mass is 19.4. The van der Waals surface area contributed by atoms with Gasteiger partial charge in [-0.25, -0.2) is 4.79 Å². The van der Waals surface area contributed by atoms with Gasteiger partial charge in [-0.1, -0.05) is 12.1 Å². The number of hydrogen-bond acceptors (Lipinski definition) is 3. The average Bonchev–Trinajstić information content (AvgIpc) is 3.24. The molecule has 0 aromatic heterocycles. The molecule has 7 heteroatoms. The van der Waals surface area contributed by atoms with Crippen molar-refractivity contribution < 1.29 is 22.7 Å². The standard InChI is InChI=1S/C16H21F3N2O2/c1-14(2,20)10-21(13(22)23-3)15(7-8-15)11-5-4-6-12(9-11)16(17,18)19/h4-6,9H,7-8,10,20H2,1-3H3. The molecule has 1 aliphatic rings. The second kappa shape index (κ2) is 5.70. The van der Waals surface area contributed by atoms with Gasteiger partial charge in [-0.15, -0.1) is 0 Å². The van der Waals surface area contributed by atoms with Gasteiger partial charge in [0.15, 0.2) is 0 Å². The Kier molecular flexibility index (Phi) is 4.36. The second-order valence-corrected chi connectivity index (χ2v) is 6.65. The van der Waals surface area contributed by atoms with Gasteiger partial charge in [0, 0.05) is 12.1 Å². The van der Waals surface area contributed by atoms with Crippen LogP contribution in [0.3, 0.4) is 0 Å². The van der Waals surface area contributed by atoms with E-state index < -0.39 is 28.9 Å². The molecule has 0 spiro atoms. The molecule has 0 saturated heterocycles. The third-order valence-corrected chi connectivity index (χ3v) is 3.93. The number of halogens is 3. The van der Waals surface area contributed by atoms with Crippen molar-refractivity contribution in [2.45, 2.75) is 43.9 Å². The zero-order valence-electron chi connectivity index (χ0n) is 13.4. The zero-order chi connectivity index (χ0) is 17.5. The van der Waals surface area contributed by atoms with Crippen LogP contribution >= 0.6 is 0 Å². The number of alkyl halides is 3. The number of nitrogens with zero attached hydrogens (tertiary/aromatic N) is 1. The SMILES string of the molecule is COC(=O)N(CC(C)(C)N)C1(c2cccc(C(F)(F)F)c2)CC1. The van der Waals surface area contributed by atoms with Gasteiger partial charge in [0.25, 0.3) is 0 Å². The van der Waals surface area contributed by atoms with Crippen LogP contribution < -0.4 is 5.73 Å². The van der Waals surface area contributed by atoms with E-state index in [0.29, 0.717) is 18.4 Å². The lowest BCUT2D eigenvalue weighted by Crippen LogP contribution is -2.51. The Morgan fingerprint density at radius 2 is 1.96 bits per heavy atom. The molecular formula is C16H21F3N2O2. The summed E-state index contributed by atoms with van der Waals surface area (Å²) < 4.78 is 43.7. The molecule has 1 amide bonds. The van der Waals surface area contributed by atoms with Crippen molar-refractivity contribution in [3.63, 3.8) is 0 Å². The summed E-state index contributed by atoms with van der Waals surface area (Å²) >= 11 is 0. The smallest absolute Gasteiger partial charge is 0.416 e. The maximum atomic E-state index is 12.9. The Morgan fingerprint density at radius 3 is 2.39 bits per heavy atom. The minimum absolute atomic E-state index is 0.190. The monoisotopic (exact) mass is 330 g/mol. The normalized spacial score (nSPS) is 16.8. The van der Waals surface area contributed by atoms with Crippen molar-refractivity contribution in [3.05, 3.63) is 35.4 Å². The van der Waals surface area contributed by atoms with Crippen LogP contribution in [0.25, 0.3) is 0 Å². The van der Waals surface area contributed by atoms with Gasteiger partial charge in [-0.05, 0) is 44.4 Å². The largest absolute Gasteiger partial charge is 0.453 e. The molecule has 0 radical (unpaired) electrons. The quantitative estimate of drug-likeness (QED) is 0.919. The van der Waals surface area contributed by atoms with E-state index in [2.05, 4.69) is 0 Å². The lowest BCUT2D eigenvalue weighted by molar-refractivity contribution is -0.137. The summed E-state index contributed by atoms with van der Waals surface area (Å²) in [4.78, 5) is 13.6. The molecule has 1 aromatic carbocycles. The summed E-state index contributed by atoms with van der Waals surface area (Å²) in [5, 5.41) is 0. The van der Waals surface area contributed by atoms with Crippen LogP contribution in [0.15, 0.2) is 24.3 Å². The van der Waals surface area contributed by atoms with E-state index in [0.717, 1.165) is 12.1 Å². The minimum atomic E-state index is -4.42. The molecule has 1 saturated carbocycles. The first-order valence-electron chi connectivity index (χ1n) is 7.32. The number of ether oxygens (including phenoxy) is 1. The lowest BCUT2D eigenvalue weighted by Gasteiger charge is -2.36. The number of hydrogen-bond donors (Lipinski definition) is 1. The average molecular weight is 330 g/mol. The summed E-state index contributed by atoms with van der Waals surface area (Å²) in [5.74, 6) is 0. The summed E-state index contributed by atoms with van der Waals surface area (Å²) in [6, 6.07) is 5.10. The minimum Gasteiger partial charge on any atom is -0.453 e. The van der Waals surface area contributed by atoms with E-state index in [9.17, 15) is 18.0 Å². The summed E-state index contributed by atoms with van der Waals surface area (Å²) in [6.07, 6.45) is -3.84. The van der Waals surface area contributed by atoms with Gasteiger partial charge >= 0.3 is 12.3 Å². The molecule has 128 valence electrons. The van der Waals surface area contributed by atoms with E-state index >= 15 is 0 Å². The topological polar surface area (TPSA) is 55.6 Å². The van der Waals surface area contributed by atoms with Gasteiger partial charge < -0.3 is 10.5 Å². The first-order valence-corrected chi connectivity index (χ1v) is 7.32. The molecule has 1 fully saturated rings. The lowest BCUT2D eigenvalue weighted by atomic mass is 9.98. The molecule has 2 N–H and O–H groups in total. The molecule has 0 heterocycles. The predicted octanol–water partition coefficient (Wildman–Crippen LogP) is 3.50. The summed E-state index contributed by atoms with van der Waals surface area (Å²) in [5.41, 5.74) is 4.28. The Balaban J connectivity index is 2.41. The summed E-state index contributed by atoms with van der Waals surface area (Å²) in [6.45, 7) is 3.70. The van der Waals surface area contributed by atoms with E-state index in [1.165, 1.54) is 18.1 Å². The molecule has 1 aromatic rings. The summed E-state index contributed by atoms with van der Waals surface area (Å²) in [7, 11) is 1.25. The van der Waals surface area contributed by atoms with Crippen LogP contribution in [-0.4, -0.2) is 30.2 Å². The van der Waals surface area contributed by atoms with E-state index in [1.807, 2.05) is 0 Å². The Bertz CT molecular complexity index is 590. The number of carbonyl (C=O) groups excluding carboxylic acids is 1. The van der Waals surface area contributed by atoms with Crippen LogP contribution in [0.1, 0.15) is 37.8 Å². The molecule has 0 atom stereocenters. The Hall–Kier alpha value is -1.76. The Morgan fingerprint density at radius 1 is 1.35 bits per heavy atom. The van der Waals surface area contributed by atoms with Gasteiger partial charge in [-0.3, -0.25) is 4.90 Å². The van der Waals surface area contributed by atoms with Crippen LogP contribution in [0.4, 0.5) is 18.0 Å². The van der Waals surface area contributed by atoms with Crippen LogP contribution in [-0.2, 0) is 16.5 Å². The fourth-order valence-electron chi connectivity index (χ4n) is 2.73. The second-order valence-electron chi connectivity index (χ2n) is 6.65. The molecule has 23 heavy (non-hydrogen) atoms. The number of benzene rings is 1. The molecule has 2 rings (SSSR count). The molecule has 0 bridgehead atoms. The van der Waals surface area contributed by atoms with Crippen LogP contribution in [0.2, 0.25) is 0 Å². The van der Waals surface area contributed by atoms with Crippen LogP contribution in [0, 0.1) is 0 Å². The van der Waals surface area contributed by atoms with E-state index in [1.54, 1.807) is 19.9 Å². The first-order chi connectivity index (χ1) is 10.5. The third-order valence-electron chi connectivity index (χ3n) is 3.93. The maximum absolute atomic E-state index is 12.9. The highest BCUT2D eigenvalue weighted by Crippen LogP contribution is 2.52. The van der Waals surface area contributed by atoms with Gasteiger partial charge in [0.1, 0.15) is 0 Å². The molecule has 1 aliphatic carbocycles. The number of carbonyl (C=O) groups is 1. The van der Waals surface area contributed by atoms with Gasteiger partial charge in [0.05, 0.1) is 18.2 Å². The van der Waals surface area contributed by atoms with Crippen molar-refractivity contribution in [3.8, 4) is 0 Å². The molecule has 0 aliphatic heterocycles. The zero-order valence-corrected chi connectivity index (χ0v) is 13.4. The van der Waals surface area contributed by atoms with Gasteiger partial charge in [-0.2, -0.15) is 13.2 Å². The van der Waals surface area contributed by atoms with Crippen molar-refractivity contribution in [2.24, 2.45) is 5.73 Å². The fourth-order valence-corrected chi connectivity index (χ4v) is 2.73. The number of nitrogens with two attached hydrogens (primary N) is 1. The van der Waals surface area contributed by atoms with Crippen molar-refractivity contribution >= 4 is 6.09 Å². The van der Waals surface area contributed by atoms with Gasteiger partial charge in [0.2, 0.25) is 0 Å². The highest BCUT2D eigenvalue weighted by Gasteiger charge is 2.53. The maximum Gasteiger partial charge on any atom is 0.416 e. The Labute approximate surface area is 133 Å². The first kappa shape index (κ1) is 17.6. The number of amides is 1. The molecular weight excluding hydrogens is 309 g/mol. The van der Waals surface area contributed by atoms with E-state index in [-0.39, 0.29) is 6.54 Å². The molecule has 0 unspecified atom stereocenters. The van der Waals surface area contributed by atoms with Crippen LogP contribution in [0.5, 0.6) is 0 Å². The fraction of sp³-hybridized carbons (Fsp3) is 0.562. The molecule has 4 nitrogen and oxygen atoms in total. The van der Waals surface area contributed by atoms with Crippen molar-refractivity contribution in [1.29, 1.82) is 0 Å². The predicted molar refractivity (Wildman–Crippen MR) is 79.7 cm³/mol. The highest BCUT2D eigenvalue weighted by molar-refractivity contribution is 5.70. The third kappa shape index (κ3) is 3.77. The number of rotatable bonds is 4. The number of methoxy groups -OCH3 is 1. The van der Waals surface area contributed by atoms with Crippen molar-refractivity contribution in [1.82, 2.24) is 4.90 Å². The van der Waals surface area contributed by atoms with E-state index in [4.69, 9.17) is 10.5 Å². The van der Waals surface area contributed by atoms with Crippen molar-refractivity contribution in [2.75, 3.05) is 13.7 Å².